The lowest BCUT2D eigenvalue weighted by atomic mass is 9.43. The SMILES string of the molecule is CC1CC2C(CCC3CCCCC32C)C2CCC(=O)C12C. The van der Waals surface area contributed by atoms with Gasteiger partial charge in [0.05, 0.1) is 0 Å². The molecule has 4 aliphatic rings. The molecule has 4 aliphatic carbocycles. The van der Waals surface area contributed by atoms with Crippen molar-refractivity contribution in [2.75, 3.05) is 0 Å². The van der Waals surface area contributed by atoms with Gasteiger partial charge in [-0.1, -0.05) is 33.6 Å². The highest BCUT2D eigenvalue weighted by molar-refractivity contribution is 5.87. The molecule has 0 spiro atoms. The van der Waals surface area contributed by atoms with Gasteiger partial charge in [-0.2, -0.15) is 0 Å². The molecule has 4 fully saturated rings. The van der Waals surface area contributed by atoms with E-state index in [0.29, 0.717) is 23.0 Å². The van der Waals surface area contributed by atoms with Crippen molar-refractivity contribution in [3.8, 4) is 0 Å². The summed E-state index contributed by atoms with van der Waals surface area (Å²) in [4.78, 5) is 12.6. The van der Waals surface area contributed by atoms with E-state index >= 15 is 0 Å². The van der Waals surface area contributed by atoms with Gasteiger partial charge in [0, 0.05) is 11.8 Å². The standard InChI is InChI=1S/C20H32O/c1-13-12-17-15(16-9-10-18(21)20(13,16)3)8-7-14-6-4-5-11-19(14,17)2/h13-17H,4-12H2,1-3H3. The third-order valence-electron chi connectivity index (χ3n) is 8.86. The second kappa shape index (κ2) is 4.59. The first-order chi connectivity index (χ1) is 9.98. The Morgan fingerprint density at radius 2 is 1.81 bits per heavy atom. The lowest BCUT2D eigenvalue weighted by Crippen LogP contribution is -2.55. The maximum atomic E-state index is 12.6. The van der Waals surface area contributed by atoms with Gasteiger partial charge < -0.3 is 0 Å². The molecule has 0 aromatic heterocycles. The van der Waals surface area contributed by atoms with E-state index in [1.165, 1.54) is 51.4 Å². The molecule has 0 bridgehead atoms. The van der Waals surface area contributed by atoms with Crippen LogP contribution in [0.4, 0.5) is 0 Å². The maximum absolute atomic E-state index is 12.6. The van der Waals surface area contributed by atoms with Crippen LogP contribution in [0.25, 0.3) is 0 Å². The van der Waals surface area contributed by atoms with Crippen LogP contribution in [-0.2, 0) is 4.79 Å². The number of Topliss-reactive ketones (excluding diaryl/α,β-unsaturated/α-hetero) is 1. The summed E-state index contributed by atoms with van der Waals surface area (Å²) >= 11 is 0. The van der Waals surface area contributed by atoms with Gasteiger partial charge in [-0.25, -0.2) is 0 Å². The highest BCUT2D eigenvalue weighted by Crippen LogP contribution is 2.66. The smallest absolute Gasteiger partial charge is 0.139 e. The van der Waals surface area contributed by atoms with Gasteiger partial charge in [0.25, 0.3) is 0 Å². The van der Waals surface area contributed by atoms with Gasteiger partial charge in [0.2, 0.25) is 0 Å². The summed E-state index contributed by atoms with van der Waals surface area (Å²) in [6.45, 7) is 7.34. The van der Waals surface area contributed by atoms with Crippen molar-refractivity contribution in [2.45, 2.75) is 78.6 Å². The Bertz CT molecular complexity index is 455. The number of carbonyl (C=O) groups excluding carboxylic acids is 1. The van der Waals surface area contributed by atoms with E-state index < -0.39 is 0 Å². The van der Waals surface area contributed by atoms with Crippen LogP contribution in [0.2, 0.25) is 0 Å². The minimum atomic E-state index is 0.0268. The van der Waals surface area contributed by atoms with Crippen molar-refractivity contribution in [1.29, 1.82) is 0 Å². The van der Waals surface area contributed by atoms with Crippen molar-refractivity contribution in [3.05, 3.63) is 0 Å². The van der Waals surface area contributed by atoms with Gasteiger partial charge in [0.15, 0.2) is 0 Å². The molecular weight excluding hydrogens is 256 g/mol. The number of hydrogen-bond acceptors (Lipinski definition) is 1. The van der Waals surface area contributed by atoms with E-state index in [-0.39, 0.29) is 5.41 Å². The average Bonchev–Trinajstić information content (AvgIpc) is 2.77. The van der Waals surface area contributed by atoms with Crippen LogP contribution >= 0.6 is 0 Å². The predicted molar refractivity (Wildman–Crippen MR) is 85.9 cm³/mol. The zero-order valence-corrected chi connectivity index (χ0v) is 14.2. The van der Waals surface area contributed by atoms with Crippen LogP contribution in [0.15, 0.2) is 0 Å². The molecule has 0 N–H and O–H groups in total. The molecule has 7 unspecified atom stereocenters. The first-order valence-electron chi connectivity index (χ1n) is 9.51. The van der Waals surface area contributed by atoms with Crippen molar-refractivity contribution in [1.82, 2.24) is 0 Å². The Morgan fingerprint density at radius 1 is 1.00 bits per heavy atom. The summed E-state index contributed by atoms with van der Waals surface area (Å²) < 4.78 is 0. The Hall–Kier alpha value is -0.330. The Labute approximate surface area is 130 Å². The maximum Gasteiger partial charge on any atom is 0.139 e. The van der Waals surface area contributed by atoms with Crippen molar-refractivity contribution in [3.63, 3.8) is 0 Å². The molecule has 1 nitrogen and oxygen atoms in total. The van der Waals surface area contributed by atoms with Gasteiger partial charge in [-0.3, -0.25) is 4.79 Å². The molecule has 0 heterocycles. The quantitative estimate of drug-likeness (QED) is 0.596. The van der Waals surface area contributed by atoms with Crippen molar-refractivity contribution in [2.24, 2.45) is 40.4 Å². The molecule has 4 saturated carbocycles. The van der Waals surface area contributed by atoms with E-state index in [4.69, 9.17) is 0 Å². The fraction of sp³-hybridized carbons (Fsp3) is 0.950. The number of carbonyl (C=O) groups is 1. The Morgan fingerprint density at radius 3 is 2.62 bits per heavy atom. The third kappa shape index (κ3) is 1.72. The normalized spacial score (nSPS) is 56.5. The lowest BCUT2D eigenvalue weighted by Gasteiger charge is -2.61. The van der Waals surface area contributed by atoms with Crippen LogP contribution in [0.5, 0.6) is 0 Å². The van der Waals surface area contributed by atoms with E-state index in [9.17, 15) is 4.79 Å². The minimum absolute atomic E-state index is 0.0268. The highest BCUT2D eigenvalue weighted by Gasteiger charge is 2.61. The zero-order valence-electron chi connectivity index (χ0n) is 14.2. The van der Waals surface area contributed by atoms with Crippen LogP contribution in [0.3, 0.4) is 0 Å². The van der Waals surface area contributed by atoms with E-state index in [1.807, 2.05) is 0 Å². The summed E-state index contributed by atoms with van der Waals surface area (Å²) in [5.41, 5.74) is 0.626. The van der Waals surface area contributed by atoms with E-state index in [1.54, 1.807) is 0 Å². The number of rotatable bonds is 0. The van der Waals surface area contributed by atoms with Gasteiger partial charge in [-0.05, 0) is 73.5 Å². The molecule has 0 aromatic rings. The fourth-order valence-electron chi connectivity index (χ4n) is 7.39. The fourth-order valence-corrected chi connectivity index (χ4v) is 7.39. The Balaban J connectivity index is 1.70. The van der Waals surface area contributed by atoms with E-state index in [2.05, 4.69) is 20.8 Å². The second-order valence-electron chi connectivity index (χ2n) is 9.28. The molecule has 0 amide bonds. The van der Waals surface area contributed by atoms with Crippen LogP contribution in [0, 0.1) is 40.4 Å². The molecule has 4 rings (SSSR count). The highest BCUT2D eigenvalue weighted by atomic mass is 16.1. The van der Waals surface area contributed by atoms with Crippen molar-refractivity contribution >= 4 is 5.78 Å². The molecule has 21 heavy (non-hydrogen) atoms. The first-order valence-corrected chi connectivity index (χ1v) is 9.51. The summed E-state index contributed by atoms with van der Waals surface area (Å²) in [5.74, 6) is 4.66. The molecule has 118 valence electrons. The monoisotopic (exact) mass is 288 g/mol. The second-order valence-corrected chi connectivity index (χ2v) is 9.28. The molecule has 7 atom stereocenters. The number of ketones is 1. The Kier molecular flexibility index (Phi) is 3.12. The molecule has 1 heteroatoms. The first kappa shape index (κ1) is 14.3. The topological polar surface area (TPSA) is 17.1 Å². The minimum Gasteiger partial charge on any atom is -0.299 e. The molecule has 0 aliphatic heterocycles. The molecule has 0 aromatic carbocycles. The summed E-state index contributed by atoms with van der Waals surface area (Å²) in [5, 5.41) is 0. The van der Waals surface area contributed by atoms with Gasteiger partial charge >= 0.3 is 0 Å². The predicted octanol–water partition coefficient (Wildman–Crippen LogP) is 5.23. The largest absolute Gasteiger partial charge is 0.299 e. The average molecular weight is 288 g/mol. The van der Waals surface area contributed by atoms with Crippen molar-refractivity contribution < 1.29 is 4.79 Å². The van der Waals surface area contributed by atoms with Gasteiger partial charge in [0.1, 0.15) is 5.78 Å². The third-order valence-corrected chi connectivity index (χ3v) is 8.86. The molecule has 0 radical (unpaired) electrons. The van der Waals surface area contributed by atoms with Crippen LogP contribution in [0.1, 0.15) is 78.6 Å². The summed E-state index contributed by atoms with van der Waals surface area (Å²) in [6, 6.07) is 0. The molecular formula is C20H32O. The number of fused-ring (bicyclic) bond motifs is 5. The summed E-state index contributed by atoms with van der Waals surface area (Å²) in [6.07, 6.45) is 12.1. The van der Waals surface area contributed by atoms with Gasteiger partial charge in [-0.15, -0.1) is 0 Å². The zero-order chi connectivity index (χ0) is 14.8. The molecule has 0 saturated heterocycles. The lowest BCUT2D eigenvalue weighted by molar-refractivity contribution is -0.148. The summed E-state index contributed by atoms with van der Waals surface area (Å²) in [7, 11) is 0. The van der Waals surface area contributed by atoms with E-state index in [0.717, 1.165) is 24.2 Å². The van der Waals surface area contributed by atoms with Crippen LogP contribution in [-0.4, -0.2) is 5.78 Å². The number of hydrogen-bond donors (Lipinski definition) is 0. The van der Waals surface area contributed by atoms with Crippen LogP contribution < -0.4 is 0 Å².